The zero-order valence-corrected chi connectivity index (χ0v) is 46.9. The molecule has 2 fully saturated rings. The van der Waals surface area contributed by atoms with Crippen molar-refractivity contribution in [3.8, 4) is 0 Å². The van der Waals surface area contributed by atoms with Crippen LogP contribution >= 0.6 is 0 Å². The summed E-state index contributed by atoms with van der Waals surface area (Å²) >= 11 is 0. The molecule has 2 amide bonds. The Balaban J connectivity index is 2.34. The number of unbranched alkanes of at least 4 members (excludes halogenated alkanes) is 12. The van der Waals surface area contributed by atoms with Crippen LogP contribution in [-0.4, -0.2) is 165 Å². The minimum absolute atomic E-state index is 0.175. The lowest BCUT2D eigenvalue weighted by atomic mass is 9.88. The molecule has 0 spiro atoms. The monoisotopic (exact) mass is 1080 g/mol. The minimum atomic E-state index is -1.67. The molecule has 20 heteroatoms. The van der Waals surface area contributed by atoms with E-state index in [9.17, 15) is 54.6 Å². The standard InChI is InChI=1S/C55H100N2O18/c1-10-13-16-19-22-25-39(29-44(62)57-43(34-60)52(68)56-38(32-58)28-35(4)5)71-45(63)30-40(26-23-20-17-14-11-2)72-46(64)31-41(27-24-21-18-15-12-3)73-54-48(66)50(51(67)55(8,9)75-54)74-53-42(33-59)49(70-37(7)61)47(65)36(6)69-53/h35-36,38-43,47-51,53-54,58-60,65-67H,10-34H2,1-9H3,(H,56,68)(H,57,62). The summed E-state index contributed by atoms with van der Waals surface area (Å²) in [6, 6.07) is -1.85. The maximum atomic E-state index is 14.1. The van der Waals surface area contributed by atoms with Crippen molar-refractivity contribution >= 4 is 29.7 Å². The van der Waals surface area contributed by atoms with Crippen molar-refractivity contribution in [3.05, 3.63) is 0 Å². The predicted molar refractivity (Wildman–Crippen MR) is 278 cm³/mol. The Hall–Kier alpha value is -3.05. The Morgan fingerprint density at radius 2 is 1.15 bits per heavy atom. The van der Waals surface area contributed by atoms with E-state index in [4.69, 9.17) is 33.2 Å². The molecule has 20 nitrogen and oxygen atoms in total. The second-order valence-corrected chi connectivity index (χ2v) is 21.8. The Kier molecular flexibility index (Phi) is 33.5. The summed E-state index contributed by atoms with van der Waals surface area (Å²) < 4.78 is 42.1. The summed E-state index contributed by atoms with van der Waals surface area (Å²) in [6.07, 6.45) is 0.722. The molecular weight excluding hydrogens is 977 g/mol. The smallest absolute Gasteiger partial charge is 0.309 e. The summed E-state index contributed by atoms with van der Waals surface area (Å²) in [5.41, 5.74) is -1.39. The highest BCUT2D eigenvalue weighted by Gasteiger charge is 2.54. The van der Waals surface area contributed by atoms with Gasteiger partial charge in [-0.15, -0.1) is 0 Å². The predicted octanol–water partition coefficient (Wildman–Crippen LogP) is 5.34. The summed E-state index contributed by atoms with van der Waals surface area (Å²) in [5, 5.41) is 69.6. The van der Waals surface area contributed by atoms with E-state index in [1.165, 1.54) is 6.92 Å². The van der Waals surface area contributed by atoms with Gasteiger partial charge in [0.15, 0.2) is 12.6 Å². The zero-order chi connectivity index (χ0) is 56.1. The minimum Gasteiger partial charge on any atom is -0.462 e. The van der Waals surface area contributed by atoms with Crippen molar-refractivity contribution in [2.24, 2.45) is 11.8 Å². The van der Waals surface area contributed by atoms with Gasteiger partial charge >= 0.3 is 17.9 Å². The number of carbonyl (C=O) groups is 5. The second-order valence-electron chi connectivity index (χ2n) is 21.8. The molecular formula is C55H100N2O18. The third-order valence-corrected chi connectivity index (χ3v) is 14.0. The van der Waals surface area contributed by atoms with Crippen LogP contribution in [0.5, 0.6) is 0 Å². The first-order valence-corrected chi connectivity index (χ1v) is 28.3. The molecule has 0 aromatic heterocycles. The molecule has 0 aliphatic carbocycles. The number of hydrogen-bond donors (Lipinski definition) is 8. The van der Waals surface area contributed by atoms with Crippen LogP contribution < -0.4 is 10.6 Å². The highest BCUT2D eigenvalue weighted by molar-refractivity contribution is 5.88. The van der Waals surface area contributed by atoms with Crippen LogP contribution in [0.4, 0.5) is 0 Å². The third kappa shape index (κ3) is 25.5. The van der Waals surface area contributed by atoms with Crippen LogP contribution in [0.2, 0.25) is 0 Å². The maximum absolute atomic E-state index is 14.1. The van der Waals surface area contributed by atoms with Gasteiger partial charge < -0.3 is 74.4 Å². The van der Waals surface area contributed by atoms with E-state index in [-0.39, 0.29) is 31.8 Å². The van der Waals surface area contributed by atoms with Crippen LogP contribution in [0.15, 0.2) is 0 Å². The summed E-state index contributed by atoms with van der Waals surface area (Å²) in [5.74, 6) is -4.22. The van der Waals surface area contributed by atoms with Crippen molar-refractivity contribution in [1.29, 1.82) is 0 Å². The van der Waals surface area contributed by atoms with Crippen LogP contribution in [0, 0.1) is 11.8 Å². The van der Waals surface area contributed by atoms with Crippen LogP contribution in [0.1, 0.15) is 204 Å². The zero-order valence-electron chi connectivity index (χ0n) is 46.9. The van der Waals surface area contributed by atoms with E-state index in [0.717, 1.165) is 84.0 Å². The van der Waals surface area contributed by atoms with Gasteiger partial charge in [0, 0.05) is 6.92 Å². The molecule has 0 bridgehead atoms. The van der Waals surface area contributed by atoms with Gasteiger partial charge in [0.1, 0.15) is 48.8 Å². The Bertz CT molecular complexity index is 1620. The van der Waals surface area contributed by atoms with Gasteiger partial charge in [0.25, 0.3) is 0 Å². The van der Waals surface area contributed by atoms with Gasteiger partial charge in [0.05, 0.1) is 68.9 Å². The van der Waals surface area contributed by atoms with E-state index in [0.29, 0.717) is 44.9 Å². The number of hydrogen-bond acceptors (Lipinski definition) is 18. The van der Waals surface area contributed by atoms with Crippen LogP contribution in [0.3, 0.4) is 0 Å². The molecule has 0 aromatic carbocycles. The highest BCUT2D eigenvalue weighted by atomic mass is 16.7. The Morgan fingerprint density at radius 1 is 0.640 bits per heavy atom. The van der Waals surface area contributed by atoms with Gasteiger partial charge in [-0.1, -0.05) is 118 Å². The summed E-state index contributed by atoms with van der Waals surface area (Å²) in [7, 11) is 0. The molecule has 2 heterocycles. The molecule has 0 radical (unpaired) electrons. The molecule has 2 saturated heterocycles. The normalized spacial score (nSPS) is 25.6. The quantitative estimate of drug-likeness (QED) is 0.0219. The molecule has 0 aromatic rings. The first kappa shape index (κ1) is 68.1. The average Bonchev–Trinajstić information content (AvgIpc) is 3.34. The maximum Gasteiger partial charge on any atom is 0.309 e. The number of esters is 3. The molecule has 75 heavy (non-hydrogen) atoms. The first-order chi connectivity index (χ1) is 35.6. The number of aliphatic hydroxyl groups is 6. The molecule has 2 rings (SSSR count). The van der Waals surface area contributed by atoms with Crippen LogP contribution in [-0.2, 0) is 57.1 Å². The molecule has 0 saturated carbocycles. The number of carbonyl (C=O) groups excluding carboxylic acids is 5. The molecule has 438 valence electrons. The number of aliphatic hydroxyl groups excluding tert-OH is 6. The van der Waals surface area contributed by atoms with E-state index < -0.39 is 134 Å². The lowest BCUT2D eigenvalue weighted by Crippen LogP contribution is -2.66. The van der Waals surface area contributed by atoms with Gasteiger partial charge in [-0.3, -0.25) is 24.0 Å². The van der Waals surface area contributed by atoms with Crippen molar-refractivity contribution in [1.82, 2.24) is 10.6 Å². The fourth-order valence-corrected chi connectivity index (χ4v) is 9.62. The Morgan fingerprint density at radius 3 is 1.63 bits per heavy atom. The lowest BCUT2D eigenvalue weighted by Gasteiger charge is -2.50. The molecule has 8 N–H and O–H groups in total. The van der Waals surface area contributed by atoms with Gasteiger partial charge in [-0.2, -0.15) is 0 Å². The van der Waals surface area contributed by atoms with Crippen LogP contribution in [0.25, 0.3) is 0 Å². The molecule has 2 aliphatic heterocycles. The Labute approximate surface area is 447 Å². The topological polar surface area (TPSA) is 295 Å². The van der Waals surface area contributed by atoms with Crippen molar-refractivity contribution in [2.45, 2.75) is 289 Å². The summed E-state index contributed by atoms with van der Waals surface area (Å²) in [6.45, 7) is 14.4. The molecule has 14 unspecified atom stereocenters. The van der Waals surface area contributed by atoms with E-state index in [1.54, 1.807) is 13.8 Å². The highest BCUT2D eigenvalue weighted by Crippen LogP contribution is 2.37. The lowest BCUT2D eigenvalue weighted by molar-refractivity contribution is -0.370. The van der Waals surface area contributed by atoms with E-state index >= 15 is 0 Å². The van der Waals surface area contributed by atoms with Crippen molar-refractivity contribution in [2.75, 3.05) is 19.8 Å². The average molecular weight is 1080 g/mol. The van der Waals surface area contributed by atoms with E-state index in [2.05, 4.69) is 31.4 Å². The largest absolute Gasteiger partial charge is 0.462 e. The van der Waals surface area contributed by atoms with E-state index in [1.807, 2.05) is 13.8 Å². The number of amides is 2. The number of rotatable bonds is 39. The molecule has 2 aliphatic rings. The second kappa shape index (κ2) is 36.9. The van der Waals surface area contributed by atoms with Crippen molar-refractivity contribution < 1.29 is 87.8 Å². The van der Waals surface area contributed by atoms with Gasteiger partial charge in [0.2, 0.25) is 11.8 Å². The van der Waals surface area contributed by atoms with Gasteiger partial charge in [-0.25, -0.2) is 0 Å². The van der Waals surface area contributed by atoms with Crippen molar-refractivity contribution in [3.63, 3.8) is 0 Å². The molecule has 14 atom stereocenters. The third-order valence-electron chi connectivity index (χ3n) is 14.0. The van der Waals surface area contributed by atoms with Gasteiger partial charge in [-0.05, 0) is 65.2 Å². The fourth-order valence-electron chi connectivity index (χ4n) is 9.62. The SMILES string of the molecule is CCCCCCCC(CC(=O)NC(CO)C(=O)NC(CO)CC(C)C)OC(=O)CC(CCCCCCC)OC(=O)CC(CCCCCCC)OC1OC(C)(C)C(O)C(OC2OC(C)C(O)C(OC(C)=O)C2CO)C1O. The number of nitrogens with one attached hydrogen (secondary N) is 2. The fraction of sp³-hybridized carbons (Fsp3) is 0.909. The summed E-state index contributed by atoms with van der Waals surface area (Å²) in [4.78, 5) is 66.3. The number of ether oxygens (including phenoxy) is 7. The first-order valence-electron chi connectivity index (χ1n) is 28.3.